The number of ketones is 1. The normalized spacial score (nSPS) is 18.8. The first-order valence-corrected chi connectivity index (χ1v) is 10.8. The zero-order chi connectivity index (χ0) is 21.4. The number of rotatable bonds is 3. The molecule has 2 heterocycles. The van der Waals surface area contributed by atoms with Gasteiger partial charge in [0, 0.05) is 38.3 Å². The monoisotopic (exact) mass is 416 g/mol. The molecule has 6 heteroatoms. The summed E-state index contributed by atoms with van der Waals surface area (Å²) in [5.41, 5.74) is 3.91. The fourth-order valence-corrected chi connectivity index (χ4v) is 4.73. The number of halogens is 1. The molecular formula is C25H25FN4O. The minimum absolute atomic E-state index is 0.00690. The third-order valence-corrected chi connectivity index (χ3v) is 6.33. The van der Waals surface area contributed by atoms with Crippen molar-refractivity contribution < 1.29 is 9.18 Å². The molecule has 0 amide bonds. The number of piperazine rings is 1. The van der Waals surface area contributed by atoms with E-state index in [4.69, 9.17) is 4.98 Å². The highest BCUT2D eigenvalue weighted by Gasteiger charge is 2.32. The highest BCUT2D eigenvalue weighted by atomic mass is 19.1. The van der Waals surface area contributed by atoms with Crippen LogP contribution >= 0.6 is 0 Å². The van der Waals surface area contributed by atoms with E-state index in [1.807, 2.05) is 19.1 Å². The van der Waals surface area contributed by atoms with Gasteiger partial charge in [0.05, 0.1) is 17.0 Å². The van der Waals surface area contributed by atoms with E-state index in [9.17, 15) is 9.18 Å². The Balaban J connectivity index is 1.38. The third kappa shape index (κ3) is 3.78. The Morgan fingerprint density at radius 2 is 1.55 bits per heavy atom. The molecule has 1 fully saturated rings. The van der Waals surface area contributed by atoms with Crippen molar-refractivity contribution in [2.75, 3.05) is 36.0 Å². The number of benzene rings is 2. The smallest absolute Gasteiger partial charge is 0.225 e. The molecule has 1 atom stereocenters. The second-order valence-corrected chi connectivity index (χ2v) is 8.29. The fraction of sp³-hybridized carbons (Fsp3) is 0.320. The van der Waals surface area contributed by atoms with Gasteiger partial charge < -0.3 is 9.80 Å². The molecule has 0 bridgehead atoms. The zero-order valence-electron chi connectivity index (χ0n) is 17.6. The number of Topliss-reactive ketones (excluding diaryl/α,β-unsaturated/α-hetero) is 1. The number of fused-ring (bicyclic) bond motifs is 1. The molecule has 0 spiro atoms. The molecule has 0 unspecified atom stereocenters. The van der Waals surface area contributed by atoms with Gasteiger partial charge >= 0.3 is 0 Å². The SMILES string of the molecule is Cc1nc(N2CCN(c3ccccc3)CC2)nc2c1C(=O)C[C@H](c1ccccc1F)C2. The van der Waals surface area contributed by atoms with Gasteiger partial charge in [-0.15, -0.1) is 0 Å². The molecule has 0 radical (unpaired) electrons. The lowest BCUT2D eigenvalue weighted by molar-refractivity contribution is 0.0961. The standard InChI is InChI=1S/C25H25FN4O/c1-17-24-22(15-18(16-23(24)31)20-9-5-6-10-21(20)26)28-25(27-17)30-13-11-29(12-14-30)19-7-3-2-4-8-19/h2-10,18H,11-16H2,1H3/t18-/m1/s1. The molecule has 1 aliphatic heterocycles. The molecule has 1 aliphatic carbocycles. The summed E-state index contributed by atoms with van der Waals surface area (Å²) in [5, 5.41) is 0. The van der Waals surface area contributed by atoms with Crippen LogP contribution in [0.2, 0.25) is 0 Å². The summed E-state index contributed by atoms with van der Waals surface area (Å²) in [4.78, 5) is 26.9. The Hall–Kier alpha value is -3.28. The number of para-hydroxylation sites is 1. The second kappa shape index (κ2) is 8.10. The van der Waals surface area contributed by atoms with E-state index < -0.39 is 0 Å². The number of anilines is 2. The van der Waals surface area contributed by atoms with Crippen LogP contribution in [0, 0.1) is 12.7 Å². The largest absolute Gasteiger partial charge is 0.368 e. The average molecular weight is 417 g/mol. The van der Waals surface area contributed by atoms with E-state index in [-0.39, 0.29) is 17.5 Å². The van der Waals surface area contributed by atoms with Crippen LogP contribution in [0.3, 0.4) is 0 Å². The maximum atomic E-state index is 14.3. The summed E-state index contributed by atoms with van der Waals surface area (Å²) in [6, 6.07) is 17.1. The van der Waals surface area contributed by atoms with E-state index >= 15 is 0 Å². The number of nitrogens with zero attached hydrogens (tertiary/aromatic N) is 4. The lowest BCUT2D eigenvalue weighted by Gasteiger charge is -2.36. The first-order chi connectivity index (χ1) is 15.1. The van der Waals surface area contributed by atoms with Gasteiger partial charge in [-0.3, -0.25) is 4.79 Å². The molecule has 5 nitrogen and oxygen atoms in total. The predicted molar refractivity (Wildman–Crippen MR) is 119 cm³/mol. The molecule has 0 N–H and O–H groups in total. The summed E-state index contributed by atoms with van der Waals surface area (Å²) >= 11 is 0. The minimum atomic E-state index is -0.258. The van der Waals surface area contributed by atoms with Crippen molar-refractivity contribution in [2.24, 2.45) is 0 Å². The van der Waals surface area contributed by atoms with Crippen molar-refractivity contribution in [2.45, 2.75) is 25.7 Å². The maximum absolute atomic E-state index is 14.3. The van der Waals surface area contributed by atoms with Gasteiger partial charge in [0.1, 0.15) is 5.82 Å². The average Bonchev–Trinajstić information content (AvgIpc) is 2.79. The quantitative estimate of drug-likeness (QED) is 0.642. The van der Waals surface area contributed by atoms with Gasteiger partial charge in [-0.05, 0) is 43.0 Å². The van der Waals surface area contributed by atoms with Gasteiger partial charge in [-0.1, -0.05) is 36.4 Å². The topological polar surface area (TPSA) is 49.3 Å². The van der Waals surface area contributed by atoms with Crippen molar-refractivity contribution in [3.63, 3.8) is 0 Å². The second-order valence-electron chi connectivity index (χ2n) is 8.29. The number of hydrogen-bond acceptors (Lipinski definition) is 5. The third-order valence-electron chi connectivity index (χ3n) is 6.33. The van der Waals surface area contributed by atoms with Gasteiger partial charge in [0.25, 0.3) is 0 Å². The maximum Gasteiger partial charge on any atom is 0.225 e. The highest BCUT2D eigenvalue weighted by molar-refractivity contribution is 5.99. The minimum Gasteiger partial charge on any atom is -0.368 e. The van der Waals surface area contributed by atoms with Crippen LogP contribution in [0.25, 0.3) is 0 Å². The number of hydrogen-bond donors (Lipinski definition) is 0. The van der Waals surface area contributed by atoms with Crippen molar-refractivity contribution in [1.29, 1.82) is 0 Å². The van der Waals surface area contributed by atoms with Crippen molar-refractivity contribution in [3.8, 4) is 0 Å². The van der Waals surface area contributed by atoms with E-state index in [1.165, 1.54) is 11.8 Å². The van der Waals surface area contributed by atoms with Crippen LogP contribution in [-0.2, 0) is 6.42 Å². The Kier molecular flexibility index (Phi) is 5.14. The molecule has 2 aliphatic rings. The summed E-state index contributed by atoms with van der Waals surface area (Å²) < 4.78 is 14.3. The van der Waals surface area contributed by atoms with Crippen LogP contribution in [0.1, 0.15) is 39.6 Å². The Morgan fingerprint density at radius 3 is 2.29 bits per heavy atom. The Bertz CT molecular complexity index is 1110. The van der Waals surface area contributed by atoms with Crippen LogP contribution in [-0.4, -0.2) is 41.9 Å². The predicted octanol–water partition coefficient (Wildman–Crippen LogP) is 4.16. The van der Waals surface area contributed by atoms with Crippen LogP contribution in [0.5, 0.6) is 0 Å². The van der Waals surface area contributed by atoms with Crippen molar-refractivity contribution in [3.05, 3.63) is 82.9 Å². The van der Waals surface area contributed by atoms with E-state index in [0.717, 1.165) is 37.6 Å². The Morgan fingerprint density at radius 1 is 0.871 bits per heavy atom. The summed E-state index contributed by atoms with van der Waals surface area (Å²) in [5.74, 6) is 0.239. The molecule has 1 aromatic heterocycles. The molecule has 158 valence electrons. The van der Waals surface area contributed by atoms with Gasteiger partial charge in [-0.2, -0.15) is 0 Å². The first kappa shape index (κ1) is 19.7. The Labute approximate surface area is 181 Å². The molecule has 5 rings (SSSR count). The van der Waals surface area contributed by atoms with Crippen LogP contribution < -0.4 is 9.80 Å². The van der Waals surface area contributed by atoms with E-state index in [2.05, 4.69) is 39.0 Å². The van der Waals surface area contributed by atoms with Gasteiger partial charge in [0.15, 0.2) is 5.78 Å². The van der Waals surface area contributed by atoms with Crippen molar-refractivity contribution >= 4 is 17.4 Å². The molecule has 1 saturated heterocycles. The first-order valence-electron chi connectivity index (χ1n) is 10.8. The number of aryl methyl sites for hydroxylation is 1. The summed E-state index contributed by atoms with van der Waals surface area (Å²) in [6.07, 6.45) is 0.857. The lowest BCUT2D eigenvalue weighted by Crippen LogP contribution is -2.47. The highest BCUT2D eigenvalue weighted by Crippen LogP contribution is 2.35. The molecule has 3 aromatic rings. The molecule has 2 aromatic carbocycles. The summed E-state index contributed by atoms with van der Waals surface area (Å²) in [6.45, 7) is 5.29. The van der Waals surface area contributed by atoms with E-state index in [1.54, 1.807) is 12.1 Å². The molecule has 31 heavy (non-hydrogen) atoms. The van der Waals surface area contributed by atoms with Gasteiger partial charge in [0.2, 0.25) is 5.95 Å². The number of carbonyl (C=O) groups is 1. The zero-order valence-corrected chi connectivity index (χ0v) is 17.6. The molecule has 0 saturated carbocycles. The van der Waals surface area contributed by atoms with Crippen LogP contribution in [0.15, 0.2) is 54.6 Å². The van der Waals surface area contributed by atoms with Gasteiger partial charge in [-0.25, -0.2) is 14.4 Å². The number of aromatic nitrogens is 2. The van der Waals surface area contributed by atoms with E-state index in [0.29, 0.717) is 29.9 Å². The lowest BCUT2D eigenvalue weighted by atomic mass is 9.81. The van der Waals surface area contributed by atoms with Crippen LogP contribution in [0.4, 0.5) is 16.0 Å². The van der Waals surface area contributed by atoms with Crippen molar-refractivity contribution in [1.82, 2.24) is 9.97 Å². The summed E-state index contributed by atoms with van der Waals surface area (Å²) in [7, 11) is 0. The fourth-order valence-electron chi connectivity index (χ4n) is 4.73. The molecular weight excluding hydrogens is 391 g/mol. The number of carbonyl (C=O) groups excluding carboxylic acids is 1.